The molecule has 1 aliphatic heterocycles. The van der Waals surface area contributed by atoms with Crippen molar-refractivity contribution in [2.45, 2.75) is 13.0 Å². The molecule has 1 fully saturated rings. The van der Waals surface area contributed by atoms with Crippen LogP contribution in [0.5, 0.6) is 5.75 Å². The van der Waals surface area contributed by atoms with Gasteiger partial charge >= 0.3 is 6.03 Å². The molecule has 29 heavy (non-hydrogen) atoms. The van der Waals surface area contributed by atoms with Gasteiger partial charge < -0.3 is 15.0 Å². The maximum atomic E-state index is 12.9. The smallest absolute Gasteiger partial charge is 0.321 e. The predicted octanol–water partition coefficient (Wildman–Crippen LogP) is 2.40. The molecule has 1 heterocycles. The third-order valence-electron chi connectivity index (χ3n) is 5.01. The molecule has 2 aromatic rings. The van der Waals surface area contributed by atoms with Crippen LogP contribution in [0.2, 0.25) is 0 Å². The molecule has 0 aromatic heterocycles. The van der Waals surface area contributed by atoms with Crippen molar-refractivity contribution in [2.75, 3.05) is 44.7 Å². The number of anilines is 1. The van der Waals surface area contributed by atoms with Crippen molar-refractivity contribution in [3.05, 3.63) is 60.2 Å². The molecule has 0 spiro atoms. The van der Waals surface area contributed by atoms with E-state index in [0.29, 0.717) is 19.7 Å². The van der Waals surface area contributed by atoms with Gasteiger partial charge in [0, 0.05) is 33.2 Å². The van der Waals surface area contributed by atoms with Crippen molar-refractivity contribution < 1.29 is 14.3 Å². The number of piperazine rings is 1. The molecule has 1 aliphatic rings. The van der Waals surface area contributed by atoms with Crippen molar-refractivity contribution in [1.29, 1.82) is 0 Å². The van der Waals surface area contributed by atoms with Crippen LogP contribution in [0.25, 0.3) is 0 Å². The number of benzene rings is 2. The summed E-state index contributed by atoms with van der Waals surface area (Å²) < 4.78 is 5.76. The number of ether oxygens (including phenoxy) is 1. The number of urea groups is 1. The summed E-state index contributed by atoms with van der Waals surface area (Å²) in [4.78, 5) is 28.9. The summed E-state index contributed by atoms with van der Waals surface area (Å²) in [5, 5.41) is 4.87. The molecule has 154 valence electrons. The Labute approximate surface area is 171 Å². The first-order valence-corrected chi connectivity index (χ1v) is 9.92. The molecule has 0 unspecified atom stereocenters. The molecule has 1 saturated heterocycles. The van der Waals surface area contributed by atoms with Crippen molar-refractivity contribution in [1.82, 2.24) is 15.5 Å². The highest BCUT2D eigenvalue weighted by atomic mass is 16.5. The number of nitrogens with one attached hydrogen (secondary N) is 2. The number of para-hydroxylation sites is 2. The fourth-order valence-corrected chi connectivity index (χ4v) is 3.62. The summed E-state index contributed by atoms with van der Waals surface area (Å²) in [6, 6.07) is 16.6. The maximum Gasteiger partial charge on any atom is 0.321 e. The second-order valence-corrected chi connectivity index (χ2v) is 6.81. The minimum absolute atomic E-state index is 0.321. The lowest BCUT2D eigenvalue weighted by atomic mass is 10.0. The average Bonchev–Trinajstić information content (AvgIpc) is 2.76. The van der Waals surface area contributed by atoms with Crippen LogP contribution in [0.4, 0.5) is 10.5 Å². The lowest BCUT2D eigenvalue weighted by Gasteiger charge is -2.40. The van der Waals surface area contributed by atoms with E-state index in [1.54, 1.807) is 0 Å². The number of imide groups is 1. The second-order valence-electron chi connectivity index (χ2n) is 6.81. The zero-order valence-corrected chi connectivity index (χ0v) is 16.9. The molecule has 2 aromatic carbocycles. The van der Waals surface area contributed by atoms with Crippen LogP contribution in [0, 0.1) is 0 Å². The van der Waals surface area contributed by atoms with Crippen molar-refractivity contribution in [2.24, 2.45) is 0 Å². The largest absolute Gasteiger partial charge is 0.492 e. The zero-order chi connectivity index (χ0) is 20.6. The Balaban J connectivity index is 1.75. The molecule has 0 bridgehead atoms. The van der Waals surface area contributed by atoms with Gasteiger partial charge in [-0.1, -0.05) is 42.5 Å². The molecule has 0 saturated carbocycles. The number of nitrogens with zero attached hydrogens (tertiary/aromatic N) is 2. The molecule has 3 amide bonds. The number of hydrogen-bond donors (Lipinski definition) is 2. The van der Waals surface area contributed by atoms with Gasteiger partial charge in [0.25, 0.3) is 0 Å². The van der Waals surface area contributed by atoms with E-state index in [2.05, 4.69) is 26.5 Å². The predicted molar refractivity (Wildman–Crippen MR) is 113 cm³/mol. The topological polar surface area (TPSA) is 73.9 Å². The van der Waals surface area contributed by atoms with E-state index in [4.69, 9.17) is 4.74 Å². The van der Waals surface area contributed by atoms with Crippen LogP contribution in [-0.4, -0.2) is 56.7 Å². The molecule has 0 aliphatic carbocycles. The first-order chi connectivity index (χ1) is 14.1. The number of hydrogen-bond acceptors (Lipinski definition) is 5. The number of carbonyl (C=O) groups excluding carboxylic acids is 2. The molecule has 2 N–H and O–H groups in total. The van der Waals surface area contributed by atoms with Gasteiger partial charge in [-0.3, -0.25) is 15.0 Å². The van der Waals surface area contributed by atoms with E-state index in [0.717, 1.165) is 30.1 Å². The lowest BCUT2D eigenvalue weighted by molar-refractivity contribution is -0.125. The second kappa shape index (κ2) is 9.93. The summed E-state index contributed by atoms with van der Waals surface area (Å²) in [7, 11) is 1.49. The molecule has 7 nitrogen and oxygen atoms in total. The SMILES string of the molecule is CCOc1ccccc1N1CCN([C@H](C(=O)NC(=O)NC)c2ccccc2)CC1. The van der Waals surface area contributed by atoms with Crippen LogP contribution in [0.3, 0.4) is 0 Å². The number of carbonyl (C=O) groups is 2. The van der Waals surface area contributed by atoms with Gasteiger partial charge in [-0.15, -0.1) is 0 Å². The van der Waals surface area contributed by atoms with Crippen LogP contribution >= 0.6 is 0 Å². The fraction of sp³-hybridized carbons (Fsp3) is 0.364. The number of rotatable bonds is 6. The van der Waals surface area contributed by atoms with Gasteiger partial charge in [-0.05, 0) is 24.6 Å². The lowest BCUT2D eigenvalue weighted by Crippen LogP contribution is -2.52. The Morgan fingerprint density at radius 2 is 1.66 bits per heavy atom. The van der Waals surface area contributed by atoms with Gasteiger partial charge in [0.05, 0.1) is 12.3 Å². The van der Waals surface area contributed by atoms with E-state index in [9.17, 15) is 9.59 Å². The quantitative estimate of drug-likeness (QED) is 0.784. The molecular formula is C22H28N4O3. The summed E-state index contributed by atoms with van der Waals surface area (Å²) in [5.74, 6) is 0.555. The van der Waals surface area contributed by atoms with Crippen LogP contribution in [0.1, 0.15) is 18.5 Å². The summed E-state index contributed by atoms with van der Waals surface area (Å²) in [6.45, 7) is 5.51. The maximum absolute atomic E-state index is 12.9. The Morgan fingerprint density at radius 1 is 1.00 bits per heavy atom. The normalized spacial score (nSPS) is 15.4. The van der Waals surface area contributed by atoms with E-state index >= 15 is 0 Å². The van der Waals surface area contributed by atoms with Crippen LogP contribution < -0.4 is 20.3 Å². The van der Waals surface area contributed by atoms with E-state index < -0.39 is 12.1 Å². The first-order valence-electron chi connectivity index (χ1n) is 9.92. The molecule has 7 heteroatoms. The molecule has 1 atom stereocenters. The van der Waals surface area contributed by atoms with Crippen molar-refractivity contribution in [3.8, 4) is 5.75 Å². The van der Waals surface area contributed by atoms with E-state index in [-0.39, 0.29) is 5.91 Å². The van der Waals surface area contributed by atoms with Gasteiger partial charge in [0.1, 0.15) is 11.8 Å². The Morgan fingerprint density at radius 3 is 2.31 bits per heavy atom. The van der Waals surface area contributed by atoms with Crippen LogP contribution in [-0.2, 0) is 4.79 Å². The molecular weight excluding hydrogens is 368 g/mol. The zero-order valence-electron chi connectivity index (χ0n) is 16.9. The average molecular weight is 396 g/mol. The highest BCUT2D eigenvalue weighted by Crippen LogP contribution is 2.30. The van der Waals surface area contributed by atoms with Gasteiger partial charge in [-0.25, -0.2) is 4.79 Å². The molecule has 3 rings (SSSR count). The van der Waals surface area contributed by atoms with Gasteiger partial charge in [0.15, 0.2) is 0 Å². The highest BCUT2D eigenvalue weighted by Gasteiger charge is 2.31. The number of amides is 3. The monoisotopic (exact) mass is 396 g/mol. The van der Waals surface area contributed by atoms with E-state index in [1.807, 2.05) is 55.5 Å². The van der Waals surface area contributed by atoms with Gasteiger partial charge in [-0.2, -0.15) is 0 Å². The minimum atomic E-state index is -0.516. The molecule has 0 radical (unpaired) electrons. The summed E-state index contributed by atoms with van der Waals surface area (Å²) in [6.07, 6.45) is 0. The summed E-state index contributed by atoms with van der Waals surface area (Å²) in [5.41, 5.74) is 1.94. The Bertz CT molecular complexity index is 820. The highest BCUT2D eigenvalue weighted by molar-refractivity contribution is 5.97. The van der Waals surface area contributed by atoms with Gasteiger partial charge in [0.2, 0.25) is 5.91 Å². The third kappa shape index (κ3) is 5.06. The van der Waals surface area contributed by atoms with Crippen molar-refractivity contribution in [3.63, 3.8) is 0 Å². The summed E-state index contributed by atoms with van der Waals surface area (Å²) >= 11 is 0. The van der Waals surface area contributed by atoms with E-state index in [1.165, 1.54) is 7.05 Å². The minimum Gasteiger partial charge on any atom is -0.492 e. The van der Waals surface area contributed by atoms with Crippen molar-refractivity contribution >= 4 is 17.6 Å². The first kappa shape index (κ1) is 20.7. The Hall–Kier alpha value is -3.06. The third-order valence-corrected chi connectivity index (χ3v) is 5.01. The Kier molecular flexibility index (Phi) is 7.08. The van der Waals surface area contributed by atoms with Crippen LogP contribution in [0.15, 0.2) is 54.6 Å². The standard InChI is InChI=1S/C22H28N4O3/c1-3-29-19-12-8-7-11-18(19)25-13-15-26(16-14-25)20(17-9-5-4-6-10-17)21(27)24-22(28)23-2/h4-12,20H,3,13-16H2,1-2H3,(H2,23,24,27,28)/t20-/m0/s1. The fourth-order valence-electron chi connectivity index (χ4n) is 3.62.